The van der Waals surface area contributed by atoms with Crippen molar-refractivity contribution >= 4 is 34.1 Å². The van der Waals surface area contributed by atoms with Crippen molar-refractivity contribution in [1.82, 2.24) is 34.3 Å². The molecule has 0 saturated carbocycles. The summed E-state index contributed by atoms with van der Waals surface area (Å²) in [6.45, 7) is 1.99. The lowest BCUT2D eigenvalue weighted by Crippen LogP contribution is -2.28. The SMILES string of the molecule is CCC(Nc1ncnc(N)c1-c1ncn(C)n1)c1nc2cccc(Cl)c2c(=O)n1-c1ccccc1. The molecule has 3 aromatic heterocycles. The van der Waals surface area contributed by atoms with E-state index >= 15 is 0 Å². The predicted molar refractivity (Wildman–Crippen MR) is 135 cm³/mol. The molecule has 0 aliphatic rings. The number of para-hydroxylation sites is 1. The number of aryl methyl sites for hydroxylation is 1. The third kappa shape index (κ3) is 4.08. The number of fused-ring (bicyclic) bond motifs is 1. The third-order valence-electron chi connectivity index (χ3n) is 5.62. The topological polar surface area (TPSA) is 129 Å². The molecule has 3 N–H and O–H groups in total. The number of nitrogens with one attached hydrogen (secondary N) is 1. The number of anilines is 2. The summed E-state index contributed by atoms with van der Waals surface area (Å²) in [7, 11) is 1.77. The average Bonchev–Trinajstić information content (AvgIpc) is 3.28. The number of hydrogen-bond donors (Lipinski definition) is 2. The summed E-state index contributed by atoms with van der Waals surface area (Å²) in [5.74, 6) is 1.58. The first-order valence-electron chi connectivity index (χ1n) is 11.0. The van der Waals surface area contributed by atoms with Crippen molar-refractivity contribution in [3.05, 3.63) is 82.4 Å². The van der Waals surface area contributed by atoms with Crippen LogP contribution in [0.4, 0.5) is 11.6 Å². The van der Waals surface area contributed by atoms with Gasteiger partial charge in [-0.15, -0.1) is 0 Å². The lowest BCUT2D eigenvalue weighted by Gasteiger charge is -2.23. The van der Waals surface area contributed by atoms with Gasteiger partial charge in [0.25, 0.3) is 5.56 Å². The molecule has 0 aliphatic carbocycles. The summed E-state index contributed by atoms with van der Waals surface area (Å²) in [5, 5.41) is 8.48. The standard InChI is InChI=1S/C24H22ClN9O/c1-3-16(30-21-19(20(26)27-12-28-21)22-29-13-33(2)32-22)23-31-17-11-7-10-15(25)18(17)24(35)34(23)14-8-5-4-6-9-14/h4-13,16H,3H2,1-2H3,(H3,26,27,28,30). The van der Waals surface area contributed by atoms with Crippen LogP contribution in [-0.2, 0) is 7.05 Å². The smallest absolute Gasteiger partial charge is 0.267 e. The van der Waals surface area contributed by atoms with Crippen LogP contribution in [-0.4, -0.2) is 34.3 Å². The molecule has 35 heavy (non-hydrogen) atoms. The minimum atomic E-state index is -0.414. The molecule has 1 atom stereocenters. The second kappa shape index (κ2) is 9.15. The Morgan fingerprint density at radius 3 is 2.60 bits per heavy atom. The Bertz CT molecular complexity index is 1580. The average molecular weight is 488 g/mol. The molecule has 5 aromatic rings. The van der Waals surface area contributed by atoms with Gasteiger partial charge in [-0.2, -0.15) is 5.10 Å². The van der Waals surface area contributed by atoms with Crippen molar-refractivity contribution in [2.24, 2.45) is 7.05 Å². The molecule has 1 unspecified atom stereocenters. The number of nitrogens with two attached hydrogens (primary N) is 1. The Labute approximate surface area is 205 Å². The van der Waals surface area contributed by atoms with Crippen LogP contribution in [0.2, 0.25) is 5.02 Å². The zero-order valence-corrected chi connectivity index (χ0v) is 19.8. The molecule has 0 amide bonds. The first-order chi connectivity index (χ1) is 17.0. The Morgan fingerprint density at radius 2 is 1.89 bits per heavy atom. The van der Waals surface area contributed by atoms with E-state index in [0.29, 0.717) is 51.1 Å². The van der Waals surface area contributed by atoms with Crippen LogP contribution >= 0.6 is 11.6 Å². The Morgan fingerprint density at radius 1 is 1.09 bits per heavy atom. The number of halogens is 1. The minimum absolute atomic E-state index is 0.238. The van der Waals surface area contributed by atoms with Gasteiger partial charge in [0, 0.05) is 7.05 Å². The maximum absolute atomic E-state index is 13.7. The number of nitrogen functional groups attached to an aromatic ring is 1. The van der Waals surface area contributed by atoms with E-state index in [2.05, 4.69) is 25.4 Å². The molecule has 0 bridgehead atoms. The van der Waals surface area contributed by atoms with E-state index < -0.39 is 6.04 Å². The third-order valence-corrected chi connectivity index (χ3v) is 5.93. The fourth-order valence-corrected chi connectivity index (χ4v) is 4.21. The van der Waals surface area contributed by atoms with Crippen molar-refractivity contribution in [2.45, 2.75) is 19.4 Å². The highest BCUT2D eigenvalue weighted by Gasteiger charge is 2.24. The fraction of sp³-hybridized carbons (Fsp3) is 0.167. The van der Waals surface area contributed by atoms with Gasteiger partial charge in [0.2, 0.25) is 0 Å². The molecule has 0 aliphatic heterocycles. The van der Waals surface area contributed by atoms with Gasteiger partial charge in [-0.05, 0) is 30.7 Å². The highest BCUT2D eigenvalue weighted by atomic mass is 35.5. The zero-order valence-electron chi connectivity index (χ0n) is 19.1. The molecule has 0 saturated heterocycles. The molecule has 3 heterocycles. The molecule has 10 nitrogen and oxygen atoms in total. The van der Waals surface area contributed by atoms with Crippen molar-refractivity contribution in [2.75, 3.05) is 11.1 Å². The van der Waals surface area contributed by atoms with E-state index in [1.54, 1.807) is 40.8 Å². The largest absolute Gasteiger partial charge is 0.383 e. The minimum Gasteiger partial charge on any atom is -0.383 e. The van der Waals surface area contributed by atoms with E-state index in [4.69, 9.17) is 22.3 Å². The van der Waals surface area contributed by atoms with E-state index in [9.17, 15) is 4.79 Å². The lowest BCUT2D eigenvalue weighted by molar-refractivity contribution is 0.658. The Balaban J connectivity index is 1.71. The van der Waals surface area contributed by atoms with Crippen LogP contribution in [0.25, 0.3) is 28.0 Å². The molecule has 0 fully saturated rings. The van der Waals surface area contributed by atoms with Crippen LogP contribution in [0.1, 0.15) is 25.2 Å². The van der Waals surface area contributed by atoms with Crippen molar-refractivity contribution in [3.63, 3.8) is 0 Å². The molecular formula is C24H22ClN9O. The second-order valence-electron chi connectivity index (χ2n) is 7.91. The summed E-state index contributed by atoms with van der Waals surface area (Å²) in [6.07, 6.45) is 3.53. The van der Waals surface area contributed by atoms with Crippen molar-refractivity contribution in [1.29, 1.82) is 0 Å². The Hall–Kier alpha value is -4.31. The van der Waals surface area contributed by atoms with Crippen LogP contribution < -0.4 is 16.6 Å². The summed E-state index contributed by atoms with van der Waals surface area (Å²) < 4.78 is 3.16. The number of rotatable bonds is 6. The first-order valence-corrected chi connectivity index (χ1v) is 11.3. The molecular weight excluding hydrogens is 466 g/mol. The van der Waals surface area contributed by atoms with Gasteiger partial charge in [0.05, 0.1) is 27.7 Å². The summed E-state index contributed by atoms with van der Waals surface area (Å²) >= 11 is 6.41. The van der Waals surface area contributed by atoms with Gasteiger partial charge in [0.1, 0.15) is 35.7 Å². The van der Waals surface area contributed by atoms with Gasteiger partial charge in [-0.3, -0.25) is 14.0 Å². The van der Waals surface area contributed by atoms with Crippen LogP contribution in [0, 0.1) is 0 Å². The van der Waals surface area contributed by atoms with Crippen LogP contribution in [0.3, 0.4) is 0 Å². The molecule has 0 spiro atoms. The van der Waals surface area contributed by atoms with E-state index in [1.165, 1.54) is 6.33 Å². The van der Waals surface area contributed by atoms with Gasteiger partial charge >= 0.3 is 0 Å². The summed E-state index contributed by atoms with van der Waals surface area (Å²) in [4.78, 5) is 31.4. The fourth-order valence-electron chi connectivity index (χ4n) is 3.96. The number of nitrogens with zero attached hydrogens (tertiary/aromatic N) is 7. The summed E-state index contributed by atoms with van der Waals surface area (Å²) in [6, 6.07) is 14.2. The highest BCUT2D eigenvalue weighted by molar-refractivity contribution is 6.35. The van der Waals surface area contributed by atoms with Gasteiger partial charge in [0.15, 0.2) is 5.82 Å². The predicted octanol–water partition coefficient (Wildman–Crippen LogP) is 3.77. The van der Waals surface area contributed by atoms with Gasteiger partial charge in [-0.25, -0.2) is 19.9 Å². The van der Waals surface area contributed by atoms with E-state index in [1.807, 2.05) is 37.3 Å². The molecule has 0 radical (unpaired) electrons. The van der Waals surface area contributed by atoms with Gasteiger partial charge < -0.3 is 11.1 Å². The van der Waals surface area contributed by atoms with Crippen molar-refractivity contribution in [3.8, 4) is 17.1 Å². The quantitative estimate of drug-likeness (QED) is 0.370. The number of hydrogen-bond acceptors (Lipinski definition) is 8. The number of benzene rings is 2. The van der Waals surface area contributed by atoms with Gasteiger partial charge in [-0.1, -0.05) is 42.8 Å². The monoisotopic (exact) mass is 487 g/mol. The normalized spacial score (nSPS) is 12.1. The van der Waals surface area contributed by atoms with Crippen molar-refractivity contribution < 1.29 is 0 Å². The molecule has 176 valence electrons. The maximum Gasteiger partial charge on any atom is 0.267 e. The molecule has 2 aromatic carbocycles. The first kappa shape index (κ1) is 22.5. The molecule has 11 heteroatoms. The van der Waals surface area contributed by atoms with Crippen LogP contribution in [0.5, 0.6) is 0 Å². The maximum atomic E-state index is 13.7. The number of aromatic nitrogens is 7. The summed E-state index contributed by atoms with van der Waals surface area (Å²) in [5.41, 5.74) is 7.60. The Kier molecular flexibility index (Phi) is 5.87. The highest BCUT2D eigenvalue weighted by Crippen LogP contribution is 2.32. The van der Waals surface area contributed by atoms with E-state index in [0.717, 1.165) is 0 Å². The lowest BCUT2D eigenvalue weighted by atomic mass is 10.1. The van der Waals surface area contributed by atoms with E-state index in [-0.39, 0.29) is 11.4 Å². The second-order valence-corrected chi connectivity index (χ2v) is 8.32. The van der Waals surface area contributed by atoms with Crippen LogP contribution in [0.15, 0.2) is 66.0 Å². The zero-order chi connectivity index (χ0) is 24.5. The molecule has 5 rings (SSSR count).